The van der Waals surface area contributed by atoms with Crippen LogP contribution in [0.5, 0.6) is 0 Å². The van der Waals surface area contributed by atoms with E-state index in [9.17, 15) is 0 Å². The highest BCUT2D eigenvalue weighted by Crippen LogP contribution is 2.26. The zero-order valence-electron chi connectivity index (χ0n) is 15.0. The van der Waals surface area contributed by atoms with Crippen molar-refractivity contribution in [3.63, 3.8) is 0 Å². The van der Waals surface area contributed by atoms with E-state index in [2.05, 4.69) is 31.8 Å². The Balaban J connectivity index is 1.64. The van der Waals surface area contributed by atoms with Crippen molar-refractivity contribution >= 4 is 28.9 Å². The molecule has 2 aromatic heterocycles. The van der Waals surface area contributed by atoms with Crippen LogP contribution in [-0.2, 0) is 6.42 Å². The molecule has 27 heavy (non-hydrogen) atoms. The molecule has 4 N–H and O–H groups in total. The predicted molar refractivity (Wildman–Crippen MR) is 105 cm³/mol. The molecule has 1 aliphatic carbocycles. The van der Waals surface area contributed by atoms with Crippen molar-refractivity contribution in [3.8, 4) is 6.07 Å². The van der Waals surface area contributed by atoms with Gasteiger partial charge in [-0.15, -0.1) is 0 Å². The van der Waals surface area contributed by atoms with Gasteiger partial charge in [-0.25, -0.2) is 0 Å². The van der Waals surface area contributed by atoms with E-state index in [1.165, 1.54) is 0 Å². The van der Waals surface area contributed by atoms with E-state index in [4.69, 9.17) is 11.0 Å². The van der Waals surface area contributed by atoms with E-state index in [1.54, 1.807) is 4.52 Å². The molecule has 1 aromatic carbocycles. The van der Waals surface area contributed by atoms with Gasteiger partial charge in [-0.05, 0) is 50.3 Å². The first-order valence-electron chi connectivity index (χ1n) is 9.23. The Hall–Kier alpha value is -3.34. The van der Waals surface area contributed by atoms with Gasteiger partial charge in [-0.3, -0.25) is 0 Å². The van der Waals surface area contributed by atoms with E-state index in [1.807, 2.05) is 30.5 Å². The van der Waals surface area contributed by atoms with Gasteiger partial charge in [-0.2, -0.15) is 24.8 Å². The number of hydrogen-bond donors (Lipinski definition) is 3. The fourth-order valence-electron chi connectivity index (χ4n) is 2.92. The van der Waals surface area contributed by atoms with Crippen LogP contribution in [0.1, 0.15) is 37.7 Å². The van der Waals surface area contributed by atoms with Gasteiger partial charge in [0.05, 0.1) is 12.3 Å². The molecule has 2 heterocycles. The second-order valence-corrected chi connectivity index (χ2v) is 6.81. The summed E-state index contributed by atoms with van der Waals surface area (Å²) in [5, 5.41) is 19.8. The first-order valence-corrected chi connectivity index (χ1v) is 9.23. The molecule has 1 saturated carbocycles. The number of benzene rings is 1. The number of nitrogens with zero attached hydrogens (tertiary/aromatic N) is 5. The number of nitriles is 1. The van der Waals surface area contributed by atoms with Crippen molar-refractivity contribution in [2.75, 3.05) is 16.4 Å². The van der Waals surface area contributed by atoms with Gasteiger partial charge in [-0.1, -0.05) is 6.07 Å². The van der Waals surface area contributed by atoms with Crippen molar-refractivity contribution in [2.24, 2.45) is 0 Å². The Labute approximate surface area is 157 Å². The number of nitrogens with one attached hydrogen (secondary N) is 2. The number of aryl methyl sites for hydroxylation is 1. The first-order chi connectivity index (χ1) is 13.2. The van der Waals surface area contributed by atoms with Crippen LogP contribution < -0.4 is 16.4 Å². The van der Waals surface area contributed by atoms with E-state index < -0.39 is 0 Å². The van der Waals surface area contributed by atoms with Gasteiger partial charge in [0.15, 0.2) is 5.65 Å². The summed E-state index contributed by atoms with van der Waals surface area (Å²) in [6.45, 7) is 0. The molecule has 0 atom stereocenters. The Bertz CT molecular complexity index is 983. The molecule has 8 nitrogen and oxygen atoms in total. The number of fused-ring (bicyclic) bond motifs is 1. The van der Waals surface area contributed by atoms with Crippen LogP contribution in [0, 0.1) is 11.3 Å². The summed E-state index contributed by atoms with van der Waals surface area (Å²) in [4.78, 5) is 9.29. The molecular formula is C19H22N8. The van der Waals surface area contributed by atoms with Gasteiger partial charge >= 0.3 is 0 Å². The summed E-state index contributed by atoms with van der Waals surface area (Å²) in [6, 6.07) is 10.1. The molecule has 138 valence electrons. The lowest BCUT2D eigenvalue weighted by atomic mass is 10.1. The third-order valence-electron chi connectivity index (χ3n) is 4.48. The second kappa shape index (κ2) is 7.50. The minimum Gasteiger partial charge on any atom is -0.399 e. The number of unbranched alkanes of at least 4 members (excludes halogenated alkanes) is 2. The highest BCUT2D eigenvalue weighted by atomic mass is 15.4. The molecule has 8 heteroatoms. The smallest absolute Gasteiger partial charge is 0.232 e. The first kappa shape index (κ1) is 17.1. The van der Waals surface area contributed by atoms with Crippen LogP contribution in [0.4, 0.5) is 23.3 Å². The Morgan fingerprint density at radius 1 is 1.26 bits per heavy atom. The lowest BCUT2D eigenvalue weighted by Gasteiger charge is -2.11. The summed E-state index contributed by atoms with van der Waals surface area (Å²) in [5.41, 5.74) is 9.23. The van der Waals surface area contributed by atoms with E-state index in [0.29, 0.717) is 30.0 Å². The summed E-state index contributed by atoms with van der Waals surface area (Å²) in [5.74, 6) is 1.20. The van der Waals surface area contributed by atoms with Crippen LogP contribution in [0.3, 0.4) is 0 Å². The monoisotopic (exact) mass is 362 g/mol. The normalized spacial score (nSPS) is 13.4. The summed E-state index contributed by atoms with van der Waals surface area (Å²) < 4.78 is 1.77. The van der Waals surface area contributed by atoms with Crippen molar-refractivity contribution in [1.82, 2.24) is 19.6 Å². The van der Waals surface area contributed by atoms with Gasteiger partial charge in [0.1, 0.15) is 0 Å². The quantitative estimate of drug-likeness (QED) is 0.416. The standard InChI is InChI=1S/C19H22N8/c20-10-3-1-2-5-13-12-22-27-17(13)25-18(26-19(27)24-15-8-9-15)23-16-7-4-6-14(21)11-16/h4,6-7,11-12,15H,1-3,5,8-9,21H2,(H2,23,24,25,26). The number of nitrogens with two attached hydrogens (primary N) is 1. The van der Waals surface area contributed by atoms with Crippen molar-refractivity contribution in [1.29, 1.82) is 5.26 Å². The van der Waals surface area contributed by atoms with Crippen LogP contribution in [-0.4, -0.2) is 25.6 Å². The van der Waals surface area contributed by atoms with Gasteiger partial charge < -0.3 is 16.4 Å². The molecule has 0 amide bonds. The molecule has 0 saturated heterocycles. The highest BCUT2D eigenvalue weighted by Gasteiger charge is 2.24. The Morgan fingerprint density at radius 2 is 2.15 bits per heavy atom. The minimum atomic E-state index is 0.451. The van der Waals surface area contributed by atoms with Gasteiger partial charge in [0.2, 0.25) is 11.9 Å². The lowest BCUT2D eigenvalue weighted by molar-refractivity contribution is 0.754. The zero-order chi connectivity index (χ0) is 18.6. The zero-order valence-corrected chi connectivity index (χ0v) is 15.0. The molecule has 0 unspecified atom stereocenters. The van der Waals surface area contributed by atoms with Crippen LogP contribution in [0.15, 0.2) is 30.5 Å². The van der Waals surface area contributed by atoms with E-state index in [0.717, 1.165) is 49.0 Å². The topological polar surface area (TPSA) is 117 Å². The second-order valence-electron chi connectivity index (χ2n) is 6.81. The lowest BCUT2D eigenvalue weighted by Crippen LogP contribution is -2.12. The highest BCUT2D eigenvalue weighted by molar-refractivity contribution is 5.63. The number of rotatable bonds is 8. The van der Waals surface area contributed by atoms with Crippen LogP contribution in [0.2, 0.25) is 0 Å². The molecule has 0 aliphatic heterocycles. The fourth-order valence-corrected chi connectivity index (χ4v) is 2.92. The molecule has 0 radical (unpaired) electrons. The largest absolute Gasteiger partial charge is 0.399 e. The number of nitrogen functional groups attached to an aromatic ring is 1. The summed E-state index contributed by atoms with van der Waals surface area (Å²) in [7, 11) is 0. The number of aromatic nitrogens is 4. The van der Waals surface area contributed by atoms with Gasteiger partial charge in [0.25, 0.3) is 0 Å². The average Bonchev–Trinajstić information content (AvgIpc) is 3.37. The molecule has 1 fully saturated rings. The van der Waals surface area contributed by atoms with E-state index >= 15 is 0 Å². The summed E-state index contributed by atoms with van der Waals surface area (Å²) in [6.07, 6.45) is 7.35. The molecule has 0 bridgehead atoms. The van der Waals surface area contributed by atoms with Crippen LogP contribution in [0.25, 0.3) is 5.65 Å². The van der Waals surface area contributed by atoms with Crippen molar-refractivity contribution in [3.05, 3.63) is 36.0 Å². The third kappa shape index (κ3) is 4.08. The maximum Gasteiger partial charge on any atom is 0.232 e. The molecule has 4 rings (SSSR count). The Kier molecular flexibility index (Phi) is 4.75. The SMILES string of the molecule is N#CCCCCc1cnn2c(NC3CC3)nc(Nc3cccc(N)c3)nc12. The van der Waals surface area contributed by atoms with Crippen LogP contribution >= 0.6 is 0 Å². The molecule has 3 aromatic rings. The van der Waals surface area contributed by atoms with Crippen molar-refractivity contribution in [2.45, 2.75) is 44.6 Å². The molecule has 0 spiro atoms. The molecular weight excluding hydrogens is 340 g/mol. The average molecular weight is 362 g/mol. The third-order valence-corrected chi connectivity index (χ3v) is 4.48. The van der Waals surface area contributed by atoms with Gasteiger partial charge in [0, 0.05) is 29.4 Å². The summed E-state index contributed by atoms with van der Waals surface area (Å²) >= 11 is 0. The minimum absolute atomic E-state index is 0.451. The van der Waals surface area contributed by atoms with E-state index in [-0.39, 0.29) is 0 Å². The molecule has 1 aliphatic rings. The fraction of sp³-hybridized carbons (Fsp3) is 0.368. The maximum atomic E-state index is 8.70. The Morgan fingerprint density at radius 3 is 2.93 bits per heavy atom. The number of anilines is 4. The maximum absolute atomic E-state index is 8.70. The van der Waals surface area contributed by atoms with Crippen molar-refractivity contribution < 1.29 is 0 Å². The predicted octanol–water partition coefficient (Wildman–Crippen LogP) is 3.26. The number of hydrogen-bond acceptors (Lipinski definition) is 7.